The Morgan fingerprint density at radius 2 is 1.84 bits per heavy atom. The molecule has 0 radical (unpaired) electrons. The minimum Gasteiger partial charge on any atom is -0.398 e. The van der Waals surface area contributed by atoms with Gasteiger partial charge in [-0.3, -0.25) is 14.6 Å². The molecule has 1 saturated heterocycles. The Labute approximate surface area is 190 Å². The average Bonchev–Trinajstić information content (AvgIpc) is 3.19. The highest BCUT2D eigenvalue weighted by atomic mass is 35.5. The van der Waals surface area contributed by atoms with Gasteiger partial charge in [-0.15, -0.1) is 11.3 Å². The summed E-state index contributed by atoms with van der Waals surface area (Å²) in [5.41, 5.74) is 8.32. The van der Waals surface area contributed by atoms with Gasteiger partial charge in [0.05, 0.1) is 9.85 Å². The van der Waals surface area contributed by atoms with Crippen LogP contribution in [0.25, 0.3) is 17.0 Å². The molecule has 0 saturated carbocycles. The fraction of sp³-hybridized carbons (Fsp3) is 0.261. The van der Waals surface area contributed by atoms with Crippen molar-refractivity contribution in [1.82, 2.24) is 14.8 Å². The smallest absolute Gasteiger partial charge is 0.312 e. The zero-order valence-electron chi connectivity index (χ0n) is 17.5. The number of hydrogen-bond donors (Lipinski definition) is 1. The summed E-state index contributed by atoms with van der Waals surface area (Å²) in [6.45, 7) is 5.76. The van der Waals surface area contributed by atoms with Gasteiger partial charge in [0.25, 0.3) is 0 Å². The van der Waals surface area contributed by atoms with Gasteiger partial charge in [0.15, 0.2) is 0 Å². The molecule has 1 aromatic carbocycles. The van der Waals surface area contributed by atoms with Crippen LogP contribution in [-0.2, 0) is 16.1 Å². The highest BCUT2D eigenvalue weighted by molar-refractivity contribution is 7.16. The van der Waals surface area contributed by atoms with Crippen LogP contribution in [0.2, 0.25) is 4.34 Å². The van der Waals surface area contributed by atoms with Gasteiger partial charge in [0.1, 0.15) is 0 Å². The van der Waals surface area contributed by atoms with Crippen molar-refractivity contribution >= 4 is 57.4 Å². The number of amides is 2. The number of aromatic nitrogens is 1. The van der Waals surface area contributed by atoms with Crippen molar-refractivity contribution in [1.29, 1.82) is 0 Å². The highest BCUT2D eigenvalue weighted by Gasteiger charge is 2.31. The van der Waals surface area contributed by atoms with E-state index >= 15 is 0 Å². The monoisotopic (exact) mass is 456 g/mol. The van der Waals surface area contributed by atoms with E-state index in [1.807, 2.05) is 56.3 Å². The molecule has 3 aromatic rings. The molecule has 6 nitrogen and oxygen atoms in total. The first-order valence-electron chi connectivity index (χ1n) is 10.1. The number of nitrogen functional groups attached to an aromatic ring is 1. The molecule has 0 spiro atoms. The van der Waals surface area contributed by atoms with Gasteiger partial charge in [0, 0.05) is 48.3 Å². The predicted molar refractivity (Wildman–Crippen MR) is 128 cm³/mol. The molecular formula is C23H25ClN4O2S. The summed E-state index contributed by atoms with van der Waals surface area (Å²) < 4.78 is 0.719. The number of nitrogens with two attached hydrogens (primary N) is 1. The number of benzene rings is 1. The zero-order valence-corrected chi connectivity index (χ0v) is 19.1. The Morgan fingerprint density at radius 1 is 1.10 bits per heavy atom. The number of hydrogen-bond acceptors (Lipinski definition) is 5. The molecule has 0 unspecified atom stereocenters. The van der Waals surface area contributed by atoms with Gasteiger partial charge in [-0.25, -0.2) is 0 Å². The first kappa shape index (κ1) is 22.8. The molecule has 2 amide bonds. The average molecular weight is 457 g/mol. The van der Waals surface area contributed by atoms with E-state index in [4.69, 9.17) is 17.3 Å². The lowest BCUT2D eigenvalue weighted by atomic mass is 10.1. The molecule has 1 aliphatic heterocycles. The Hall–Kier alpha value is -2.90. The summed E-state index contributed by atoms with van der Waals surface area (Å²) in [6.07, 6.45) is 5.45. The zero-order chi connectivity index (χ0) is 22.4. The molecule has 1 fully saturated rings. The third-order valence-electron chi connectivity index (χ3n) is 4.81. The maximum Gasteiger partial charge on any atom is 0.312 e. The second-order valence-electron chi connectivity index (χ2n) is 6.77. The second-order valence-corrected chi connectivity index (χ2v) is 8.52. The minimum atomic E-state index is -0.482. The molecule has 0 bridgehead atoms. The molecular weight excluding hydrogens is 432 g/mol. The van der Waals surface area contributed by atoms with Gasteiger partial charge in [-0.05, 0) is 35.9 Å². The summed E-state index contributed by atoms with van der Waals surface area (Å²) in [4.78, 5) is 33.5. The third kappa shape index (κ3) is 5.42. The number of pyridine rings is 1. The quantitative estimate of drug-likeness (QED) is 0.575. The molecule has 3 heterocycles. The Morgan fingerprint density at radius 3 is 2.58 bits per heavy atom. The summed E-state index contributed by atoms with van der Waals surface area (Å²) in [5, 5.41) is 0.877. The lowest BCUT2D eigenvalue weighted by Gasteiger charge is -2.33. The fourth-order valence-electron chi connectivity index (χ4n) is 3.29. The maximum atomic E-state index is 12.6. The molecule has 31 heavy (non-hydrogen) atoms. The molecule has 1 aliphatic rings. The van der Waals surface area contributed by atoms with Gasteiger partial charge < -0.3 is 15.5 Å². The van der Waals surface area contributed by atoms with E-state index in [0.29, 0.717) is 31.9 Å². The first-order chi connectivity index (χ1) is 15.0. The van der Waals surface area contributed by atoms with E-state index in [1.165, 1.54) is 11.3 Å². The van der Waals surface area contributed by atoms with Crippen LogP contribution in [0.4, 0.5) is 5.69 Å². The van der Waals surface area contributed by atoms with Gasteiger partial charge in [-0.2, -0.15) is 0 Å². The molecule has 2 N–H and O–H groups in total. The molecule has 4 rings (SSSR count). The summed E-state index contributed by atoms with van der Waals surface area (Å²) in [5.74, 6) is -0.960. The lowest BCUT2D eigenvalue weighted by Crippen LogP contribution is -2.53. The summed E-state index contributed by atoms with van der Waals surface area (Å²) in [7, 11) is 0. The molecule has 0 atom stereocenters. The standard InChI is InChI=1S/C21H19ClN4O2S.C2H6/c22-19-6-4-15(29-19)2-1-9-25-10-11-26(21(28)20(25)27)13-14-3-5-16-17(23)7-8-24-18(16)12-14;1-2/h1-8,12H,9-11,13H2,(H2,23,24);1-2H3/b2-1+;. The number of rotatable bonds is 5. The largest absolute Gasteiger partial charge is 0.398 e. The topological polar surface area (TPSA) is 79.5 Å². The molecule has 8 heteroatoms. The Kier molecular flexibility index (Phi) is 7.65. The van der Waals surface area contributed by atoms with Gasteiger partial charge >= 0.3 is 11.8 Å². The van der Waals surface area contributed by atoms with Crippen LogP contribution in [0.15, 0.2) is 48.7 Å². The predicted octanol–water partition coefficient (Wildman–Crippen LogP) is 4.44. The van der Waals surface area contributed by atoms with Gasteiger partial charge in [0.2, 0.25) is 0 Å². The normalized spacial score (nSPS) is 14.3. The number of carbonyl (C=O) groups excluding carboxylic acids is 2. The van der Waals surface area contributed by atoms with Crippen molar-refractivity contribution in [2.45, 2.75) is 20.4 Å². The maximum absolute atomic E-state index is 12.6. The van der Waals surface area contributed by atoms with Crippen LogP contribution in [-0.4, -0.2) is 46.2 Å². The van der Waals surface area contributed by atoms with E-state index in [1.54, 1.807) is 22.1 Å². The number of thiophene rings is 1. The van der Waals surface area contributed by atoms with Crippen LogP contribution in [0.5, 0.6) is 0 Å². The van der Waals surface area contributed by atoms with Crippen LogP contribution in [0.3, 0.4) is 0 Å². The van der Waals surface area contributed by atoms with E-state index < -0.39 is 11.8 Å². The Bertz CT molecular complexity index is 1110. The molecule has 162 valence electrons. The molecule has 2 aromatic heterocycles. The van der Waals surface area contributed by atoms with Crippen LogP contribution in [0, 0.1) is 0 Å². The van der Waals surface area contributed by atoms with E-state index in [2.05, 4.69) is 4.98 Å². The van der Waals surface area contributed by atoms with E-state index in [9.17, 15) is 9.59 Å². The lowest BCUT2D eigenvalue weighted by molar-refractivity contribution is -0.156. The number of anilines is 1. The number of carbonyl (C=O) groups is 2. The van der Waals surface area contributed by atoms with Crippen molar-refractivity contribution in [3.8, 4) is 0 Å². The van der Waals surface area contributed by atoms with Crippen molar-refractivity contribution in [2.24, 2.45) is 0 Å². The Balaban J connectivity index is 0.00000132. The van der Waals surface area contributed by atoms with Crippen molar-refractivity contribution < 1.29 is 9.59 Å². The third-order valence-corrected chi connectivity index (χ3v) is 6.01. The van der Waals surface area contributed by atoms with Crippen molar-refractivity contribution in [2.75, 3.05) is 25.4 Å². The highest BCUT2D eigenvalue weighted by Crippen LogP contribution is 2.23. The van der Waals surface area contributed by atoms with E-state index in [-0.39, 0.29) is 0 Å². The van der Waals surface area contributed by atoms with Crippen molar-refractivity contribution in [3.05, 3.63) is 63.4 Å². The number of halogens is 1. The van der Waals surface area contributed by atoms with Crippen LogP contribution >= 0.6 is 22.9 Å². The fourth-order valence-corrected chi connectivity index (χ4v) is 4.28. The van der Waals surface area contributed by atoms with Crippen LogP contribution in [0.1, 0.15) is 24.3 Å². The number of fused-ring (bicyclic) bond motifs is 1. The minimum absolute atomic E-state index is 0.369. The van der Waals surface area contributed by atoms with Gasteiger partial charge in [-0.1, -0.05) is 43.7 Å². The van der Waals surface area contributed by atoms with Crippen LogP contribution < -0.4 is 5.73 Å². The number of piperazine rings is 1. The second kappa shape index (κ2) is 10.4. The summed E-state index contributed by atoms with van der Waals surface area (Å²) >= 11 is 7.38. The van der Waals surface area contributed by atoms with Crippen molar-refractivity contribution in [3.63, 3.8) is 0 Å². The summed E-state index contributed by atoms with van der Waals surface area (Å²) in [6, 6.07) is 11.2. The molecule has 0 aliphatic carbocycles. The van der Waals surface area contributed by atoms with E-state index in [0.717, 1.165) is 25.7 Å². The SMILES string of the molecule is CC.Nc1ccnc2cc(CN3CCN(C/C=C/c4ccc(Cl)s4)C(=O)C3=O)ccc12. The number of nitrogens with zero attached hydrogens (tertiary/aromatic N) is 3. The first-order valence-corrected chi connectivity index (χ1v) is 11.3.